The summed E-state index contributed by atoms with van der Waals surface area (Å²) in [4.78, 5) is 21.7. The number of aliphatic carboxylic acids is 1. The van der Waals surface area contributed by atoms with Gasteiger partial charge in [0.15, 0.2) is 0 Å². The number of hydrogen-bond donors (Lipinski definition) is 2. The summed E-state index contributed by atoms with van der Waals surface area (Å²) in [5, 5.41) is 23.4. The molecule has 2 N–H and O–H groups in total. The van der Waals surface area contributed by atoms with Crippen molar-refractivity contribution < 1.29 is 14.7 Å². The van der Waals surface area contributed by atoms with Crippen LogP contribution in [0.2, 0.25) is 10.0 Å². The van der Waals surface area contributed by atoms with Gasteiger partial charge in [0.2, 0.25) is 6.41 Å². The van der Waals surface area contributed by atoms with Gasteiger partial charge < -0.3 is 15.0 Å². The molecule has 2 aromatic carbocycles. The number of carboxylic acids is 1. The summed E-state index contributed by atoms with van der Waals surface area (Å²) in [5.74, 6) is -0.930. The van der Waals surface area contributed by atoms with E-state index in [9.17, 15) is 20.0 Å². The van der Waals surface area contributed by atoms with E-state index in [0.29, 0.717) is 54.2 Å². The monoisotopic (exact) mass is 499 g/mol. The van der Waals surface area contributed by atoms with Gasteiger partial charge in [-0.05, 0) is 73.1 Å². The zero-order valence-electron chi connectivity index (χ0n) is 19.2. The molecule has 0 saturated heterocycles. The van der Waals surface area contributed by atoms with Gasteiger partial charge in [-0.25, -0.2) is 0 Å². The van der Waals surface area contributed by atoms with Crippen LogP contribution in [0.5, 0.6) is 0 Å². The highest BCUT2D eigenvalue weighted by molar-refractivity contribution is 6.36. The van der Waals surface area contributed by atoms with E-state index >= 15 is 0 Å². The van der Waals surface area contributed by atoms with Gasteiger partial charge in [-0.15, -0.1) is 0 Å². The quantitative estimate of drug-likeness (QED) is 0.272. The molecule has 178 valence electrons. The molecule has 3 aromatic rings. The molecule has 8 heteroatoms. The molecule has 34 heavy (non-hydrogen) atoms. The Morgan fingerprint density at radius 1 is 1.26 bits per heavy atom. The van der Waals surface area contributed by atoms with Gasteiger partial charge in [0.05, 0.1) is 11.6 Å². The number of nitrogens with one attached hydrogen (secondary N) is 1. The lowest BCUT2D eigenvalue weighted by atomic mass is 9.92. The summed E-state index contributed by atoms with van der Waals surface area (Å²) in [5.41, 5.74) is 5.40. The number of amides is 1. The van der Waals surface area contributed by atoms with Crippen molar-refractivity contribution in [3.63, 3.8) is 0 Å². The number of hydrogen-bond acceptors (Lipinski definition) is 3. The lowest BCUT2D eigenvalue weighted by Crippen LogP contribution is -2.18. The molecule has 1 heterocycles. The second kappa shape index (κ2) is 11.4. The maximum absolute atomic E-state index is 11.2. The van der Waals surface area contributed by atoms with Crippen molar-refractivity contribution in [2.24, 2.45) is 13.0 Å². The summed E-state index contributed by atoms with van der Waals surface area (Å²) in [6, 6.07) is 11.8. The smallest absolute Gasteiger partial charge is 0.303 e. The normalized spacial score (nSPS) is 11.9. The number of carboxylic acid groups (broad SMARTS) is 1. The van der Waals surface area contributed by atoms with E-state index in [2.05, 4.69) is 22.0 Å². The van der Waals surface area contributed by atoms with E-state index in [1.165, 1.54) is 0 Å². The number of rotatable bonds is 11. The highest BCUT2D eigenvalue weighted by Gasteiger charge is 2.18. The predicted octanol–water partition coefficient (Wildman–Crippen LogP) is 5.42. The minimum Gasteiger partial charge on any atom is -0.481 e. The molecule has 0 aliphatic rings. The molecule has 1 amide bonds. The number of aryl methyl sites for hydroxylation is 3. The number of carbonyl (C=O) groups is 2. The average molecular weight is 500 g/mol. The van der Waals surface area contributed by atoms with Crippen LogP contribution in [-0.2, 0) is 29.5 Å². The second-order valence-electron chi connectivity index (χ2n) is 8.52. The van der Waals surface area contributed by atoms with Gasteiger partial charge in [0.1, 0.15) is 0 Å². The third-order valence-corrected chi connectivity index (χ3v) is 7.23. The lowest BCUT2D eigenvalue weighted by molar-refractivity contribution is -0.138. The Kier molecular flexibility index (Phi) is 8.60. The molecule has 6 nitrogen and oxygen atoms in total. The molecule has 0 radical (unpaired) electrons. The molecule has 0 bridgehead atoms. The SMILES string of the molecule is Cc1c(C#N)ccc2c1cc(Cc1c(Cl)ccc(CCC(CCNC=O)CC(=O)O)c1Cl)n2C. The first-order valence-electron chi connectivity index (χ1n) is 11.1. The molecule has 1 atom stereocenters. The van der Waals surface area contributed by atoms with Gasteiger partial charge in [0, 0.05) is 53.1 Å². The minimum atomic E-state index is -0.857. The van der Waals surface area contributed by atoms with Crippen LogP contribution in [0.25, 0.3) is 10.9 Å². The Morgan fingerprint density at radius 2 is 2.03 bits per heavy atom. The van der Waals surface area contributed by atoms with E-state index in [-0.39, 0.29) is 12.3 Å². The summed E-state index contributed by atoms with van der Waals surface area (Å²) in [6.07, 6.45) is 3.02. The maximum atomic E-state index is 11.2. The summed E-state index contributed by atoms with van der Waals surface area (Å²) >= 11 is 13.3. The van der Waals surface area contributed by atoms with Gasteiger partial charge in [-0.2, -0.15) is 5.26 Å². The Hall–Kier alpha value is -3.01. The fourth-order valence-electron chi connectivity index (χ4n) is 4.38. The van der Waals surface area contributed by atoms with Crippen LogP contribution in [0, 0.1) is 24.2 Å². The number of halogens is 2. The fraction of sp³-hybridized carbons (Fsp3) is 0.346. The molecule has 1 unspecified atom stereocenters. The van der Waals surface area contributed by atoms with Crippen LogP contribution in [0.1, 0.15) is 47.2 Å². The first-order valence-corrected chi connectivity index (χ1v) is 11.8. The van der Waals surface area contributed by atoms with Crippen LogP contribution >= 0.6 is 23.2 Å². The molecule has 0 spiro atoms. The predicted molar refractivity (Wildman–Crippen MR) is 134 cm³/mol. The maximum Gasteiger partial charge on any atom is 0.303 e. The lowest BCUT2D eigenvalue weighted by Gasteiger charge is -2.17. The van der Waals surface area contributed by atoms with Gasteiger partial charge in [0.25, 0.3) is 0 Å². The van der Waals surface area contributed by atoms with Crippen LogP contribution in [0.4, 0.5) is 0 Å². The molecule has 0 saturated carbocycles. The van der Waals surface area contributed by atoms with Crippen molar-refractivity contribution in [1.29, 1.82) is 5.26 Å². The topological polar surface area (TPSA) is 95.1 Å². The number of carbonyl (C=O) groups excluding carboxylic acids is 1. The molecule has 0 aliphatic carbocycles. The molecular weight excluding hydrogens is 473 g/mol. The standard InChI is InChI=1S/C26H27Cl2N3O3/c1-16-19(14-29)6-8-24-21(16)12-20(31(24)2)13-22-23(27)7-5-18(26(22)28)4-3-17(11-25(33)34)9-10-30-15-32/h5-8,12,15,17H,3-4,9-11,13H2,1-2H3,(H,30,32)(H,33,34). The Morgan fingerprint density at radius 3 is 2.71 bits per heavy atom. The summed E-state index contributed by atoms with van der Waals surface area (Å²) < 4.78 is 2.09. The minimum absolute atomic E-state index is 0.0403. The summed E-state index contributed by atoms with van der Waals surface area (Å²) in [7, 11) is 1.98. The van der Waals surface area contributed by atoms with E-state index < -0.39 is 5.97 Å². The number of nitriles is 1. The molecular formula is C26H27Cl2N3O3. The van der Waals surface area contributed by atoms with E-state index in [4.69, 9.17) is 23.2 Å². The zero-order chi connectivity index (χ0) is 24.8. The van der Waals surface area contributed by atoms with Crippen molar-refractivity contribution in [3.8, 4) is 6.07 Å². The fourth-order valence-corrected chi connectivity index (χ4v) is 4.98. The average Bonchev–Trinajstić information content (AvgIpc) is 3.12. The Balaban J connectivity index is 1.85. The van der Waals surface area contributed by atoms with E-state index in [1.807, 2.05) is 38.2 Å². The third kappa shape index (κ3) is 5.72. The second-order valence-corrected chi connectivity index (χ2v) is 9.30. The van der Waals surface area contributed by atoms with Gasteiger partial charge in [-0.1, -0.05) is 29.3 Å². The number of aromatic nitrogens is 1. The molecule has 0 fully saturated rings. The van der Waals surface area contributed by atoms with Crippen molar-refractivity contribution in [1.82, 2.24) is 9.88 Å². The van der Waals surface area contributed by atoms with Crippen LogP contribution < -0.4 is 5.32 Å². The van der Waals surface area contributed by atoms with Crippen molar-refractivity contribution in [3.05, 3.63) is 68.3 Å². The van der Waals surface area contributed by atoms with Crippen LogP contribution in [0.15, 0.2) is 30.3 Å². The zero-order valence-corrected chi connectivity index (χ0v) is 20.7. The van der Waals surface area contributed by atoms with E-state index in [1.54, 1.807) is 0 Å². The van der Waals surface area contributed by atoms with Crippen LogP contribution in [-0.4, -0.2) is 28.6 Å². The third-order valence-electron chi connectivity index (χ3n) is 6.40. The van der Waals surface area contributed by atoms with Crippen molar-refractivity contribution in [2.45, 2.75) is 39.0 Å². The first-order chi connectivity index (χ1) is 16.3. The van der Waals surface area contributed by atoms with Gasteiger partial charge in [-0.3, -0.25) is 9.59 Å². The van der Waals surface area contributed by atoms with Crippen molar-refractivity contribution in [2.75, 3.05) is 6.54 Å². The van der Waals surface area contributed by atoms with E-state index in [0.717, 1.165) is 33.3 Å². The highest BCUT2D eigenvalue weighted by Crippen LogP contribution is 2.34. The first kappa shape index (κ1) is 25.6. The summed E-state index contributed by atoms with van der Waals surface area (Å²) in [6.45, 7) is 2.39. The Labute approximate surface area is 209 Å². The number of nitrogens with zero attached hydrogens (tertiary/aromatic N) is 2. The van der Waals surface area contributed by atoms with Gasteiger partial charge >= 0.3 is 5.97 Å². The largest absolute Gasteiger partial charge is 0.481 e. The molecule has 1 aromatic heterocycles. The van der Waals surface area contributed by atoms with Crippen LogP contribution in [0.3, 0.4) is 0 Å². The Bertz CT molecular complexity index is 1260. The molecule has 3 rings (SSSR count). The number of fused-ring (bicyclic) bond motifs is 1. The highest BCUT2D eigenvalue weighted by atomic mass is 35.5. The van der Waals surface area contributed by atoms with Crippen molar-refractivity contribution >= 4 is 46.5 Å². The molecule has 0 aliphatic heterocycles. The number of benzene rings is 2.